The molecule has 26 heavy (non-hydrogen) atoms. The summed E-state index contributed by atoms with van der Waals surface area (Å²) >= 11 is 6.65. The lowest BCUT2D eigenvalue weighted by molar-refractivity contribution is -0.123. The average Bonchev–Trinajstić information content (AvgIpc) is 3.02. The number of carbonyl (C=O) groups is 1. The lowest BCUT2D eigenvalue weighted by atomic mass is 9.96. The van der Waals surface area contributed by atoms with Crippen LogP contribution in [0.3, 0.4) is 0 Å². The first-order valence-electron chi connectivity index (χ1n) is 7.97. The van der Waals surface area contributed by atoms with Crippen LogP contribution in [-0.2, 0) is 21.2 Å². The van der Waals surface area contributed by atoms with E-state index in [9.17, 15) is 13.2 Å². The second kappa shape index (κ2) is 8.43. The standard InChI is InChI=1S/C16H21ClN4O3S2/c1-16(2,3)13(22)19-14-20-21-15(25-14)26(23,24)18-10-4-5-11-6-8-12(17)9-7-11/h6-9,18H,4-5,10H2,1-3H3,(H,19,20,22). The van der Waals surface area contributed by atoms with E-state index >= 15 is 0 Å². The Morgan fingerprint density at radius 2 is 1.85 bits per heavy atom. The molecule has 1 aromatic heterocycles. The molecule has 2 N–H and O–H groups in total. The lowest BCUT2D eigenvalue weighted by Crippen LogP contribution is -2.27. The van der Waals surface area contributed by atoms with E-state index in [1.807, 2.05) is 12.1 Å². The summed E-state index contributed by atoms with van der Waals surface area (Å²) in [6.07, 6.45) is 1.36. The Kier molecular flexibility index (Phi) is 6.73. The fraction of sp³-hybridized carbons (Fsp3) is 0.438. The number of aryl methyl sites for hydroxylation is 1. The molecule has 1 amide bonds. The number of anilines is 1. The van der Waals surface area contributed by atoms with E-state index < -0.39 is 15.4 Å². The van der Waals surface area contributed by atoms with Gasteiger partial charge in [0.2, 0.25) is 15.4 Å². The topological polar surface area (TPSA) is 101 Å². The van der Waals surface area contributed by atoms with Crippen molar-refractivity contribution in [1.82, 2.24) is 14.9 Å². The van der Waals surface area contributed by atoms with Gasteiger partial charge >= 0.3 is 0 Å². The van der Waals surface area contributed by atoms with Crippen LogP contribution >= 0.6 is 22.9 Å². The van der Waals surface area contributed by atoms with E-state index in [4.69, 9.17) is 11.6 Å². The summed E-state index contributed by atoms with van der Waals surface area (Å²) in [5.74, 6) is -0.256. The zero-order chi connectivity index (χ0) is 19.4. The van der Waals surface area contributed by atoms with Gasteiger partial charge < -0.3 is 5.32 Å². The van der Waals surface area contributed by atoms with Crippen LogP contribution in [0.1, 0.15) is 32.8 Å². The number of nitrogens with one attached hydrogen (secondary N) is 2. The van der Waals surface area contributed by atoms with Crippen molar-refractivity contribution < 1.29 is 13.2 Å². The van der Waals surface area contributed by atoms with Gasteiger partial charge in [0.1, 0.15) is 0 Å². The Hall–Kier alpha value is -1.55. The second-order valence-corrected chi connectivity index (χ2v) is 10.1. The van der Waals surface area contributed by atoms with Crippen LogP contribution < -0.4 is 10.0 Å². The maximum Gasteiger partial charge on any atom is 0.269 e. The highest BCUT2D eigenvalue weighted by Gasteiger charge is 2.24. The molecule has 0 unspecified atom stereocenters. The number of rotatable bonds is 7. The molecule has 0 aliphatic carbocycles. The van der Waals surface area contributed by atoms with E-state index in [1.165, 1.54) is 0 Å². The number of halogens is 1. The molecule has 1 aromatic carbocycles. The number of hydrogen-bond donors (Lipinski definition) is 2. The Labute approximate surface area is 162 Å². The lowest BCUT2D eigenvalue weighted by Gasteiger charge is -2.15. The van der Waals surface area contributed by atoms with E-state index in [-0.39, 0.29) is 21.9 Å². The minimum Gasteiger partial charge on any atom is -0.300 e. The Morgan fingerprint density at radius 3 is 2.46 bits per heavy atom. The summed E-state index contributed by atoms with van der Waals surface area (Å²) < 4.78 is 26.8. The van der Waals surface area contributed by atoms with E-state index in [0.717, 1.165) is 23.3 Å². The van der Waals surface area contributed by atoms with Crippen LogP contribution in [0.5, 0.6) is 0 Å². The maximum atomic E-state index is 12.3. The van der Waals surface area contributed by atoms with Crippen LogP contribution in [0.2, 0.25) is 5.02 Å². The van der Waals surface area contributed by atoms with Crippen LogP contribution in [0.4, 0.5) is 5.13 Å². The number of carbonyl (C=O) groups excluding carboxylic acids is 1. The van der Waals surface area contributed by atoms with Crippen molar-refractivity contribution in [3.8, 4) is 0 Å². The van der Waals surface area contributed by atoms with Crippen molar-refractivity contribution in [1.29, 1.82) is 0 Å². The first kappa shape index (κ1) is 20.8. The monoisotopic (exact) mass is 416 g/mol. The van der Waals surface area contributed by atoms with Gasteiger partial charge in [0.05, 0.1) is 0 Å². The molecule has 0 bridgehead atoms. The predicted molar refractivity (Wildman–Crippen MR) is 103 cm³/mol. The number of nitrogens with zero attached hydrogens (tertiary/aromatic N) is 2. The van der Waals surface area contributed by atoms with Crippen LogP contribution in [0.25, 0.3) is 0 Å². The molecule has 0 aliphatic heterocycles. The van der Waals surface area contributed by atoms with Gasteiger partial charge in [-0.2, -0.15) is 0 Å². The van der Waals surface area contributed by atoms with E-state index in [1.54, 1.807) is 32.9 Å². The van der Waals surface area contributed by atoms with Gasteiger partial charge in [-0.25, -0.2) is 13.1 Å². The third-order valence-electron chi connectivity index (χ3n) is 3.39. The van der Waals surface area contributed by atoms with Crippen molar-refractivity contribution in [2.24, 2.45) is 5.41 Å². The normalized spacial score (nSPS) is 12.2. The quantitative estimate of drug-likeness (QED) is 0.533. The molecule has 0 radical (unpaired) electrons. The minimum atomic E-state index is -3.75. The van der Waals surface area contributed by atoms with Gasteiger partial charge in [0.15, 0.2) is 0 Å². The van der Waals surface area contributed by atoms with Crippen LogP contribution in [0, 0.1) is 5.41 Å². The summed E-state index contributed by atoms with van der Waals surface area (Å²) in [6.45, 7) is 5.53. The molecule has 0 atom stereocenters. The molecule has 0 fully saturated rings. The SMILES string of the molecule is CC(C)(C)C(=O)Nc1nnc(S(=O)(=O)NCCCc2ccc(Cl)cc2)s1. The highest BCUT2D eigenvalue weighted by atomic mass is 35.5. The van der Waals surface area contributed by atoms with Crippen LogP contribution in [0.15, 0.2) is 28.6 Å². The van der Waals surface area contributed by atoms with Gasteiger partial charge in [0.25, 0.3) is 10.0 Å². The summed E-state index contributed by atoms with van der Waals surface area (Å²) in [6, 6.07) is 7.42. The molecule has 2 rings (SSSR count). The van der Waals surface area contributed by atoms with E-state index in [2.05, 4.69) is 20.2 Å². The summed E-state index contributed by atoms with van der Waals surface area (Å²) in [5.41, 5.74) is 0.474. The summed E-state index contributed by atoms with van der Waals surface area (Å²) in [4.78, 5) is 11.9. The second-order valence-electron chi connectivity index (χ2n) is 6.71. The van der Waals surface area contributed by atoms with Gasteiger partial charge in [0, 0.05) is 17.0 Å². The number of hydrogen-bond acceptors (Lipinski definition) is 6. The Morgan fingerprint density at radius 1 is 1.19 bits per heavy atom. The van der Waals surface area contributed by atoms with Crippen molar-refractivity contribution in [2.45, 2.75) is 38.0 Å². The van der Waals surface area contributed by atoms with E-state index in [0.29, 0.717) is 11.4 Å². The summed E-state index contributed by atoms with van der Waals surface area (Å²) in [5, 5.41) is 10.8. The van der Waals surface area contributed by atoms with Crippen molar-refractivity contribution in [3.05, 3.63) is 34.9 Å². The van der Waals surface area contributed by atoms with Crippen LogP contribution in [-0.4, -0.2) is 31.1 Å². The number of aromatic nitrogens is 2. The molecule has 0 spiro atoms. The molecule has 10 heteroatoms. The molecule has 142 valence electrons. The molecule has 2 aromatic rings. The zero-order valence-electron chi connectivity index (χ0n) is 14.7. The maximum absolute atomic E-state index is 12.3. The van der Waals surface area contributed by atoms with Crippen molar-refractivity contribution in [2.75, 3.05) is 11.9 Å². The molecular weight excluding hydrogens is 396 g/mol. The molecular formula is C16H21ClN4O3S2. The molecule has 7 nitrogen and oxygen atoms in total. The number of sulfonamides is 1. The third-order valence-corrected chi connectivity index (χ3v) is 6.30. The average molecular weight is 417 g/mol. The van der Waals surface area contributed by atoms with Gasteiger partial charge in [-0.05, 0) is 30.5 Å². The number of amides is 1. The third kappa shape index (κ3) is 6.01. The molecule has 0 saturated heterocycles. The Bertz CT molecular complexity index is 858. The fourth-order valence-electron chi connectivity index (χ4n) is 1.87. The smallest absolute Gasteiger partial charge is 0.269 e. The summed E-state index contributed by atoms with van der Waals surface area (Å²) in [7, 11) is -3.75. The van der Waals surface area contributed by atoms with Crippen molar-refractivity contribution in [3.63, 3.8) is 0 Å². The molecule has 0 saturated carbocycles. The molecule has 1 heterocycles. The zero-order valence-corrected chi connectivity index (χ0v) is 17.1. The predicted octanol–water partition coefficient (Wildman–Crippen LogP) is 3.09. The highest BCUT2D eigenvalue weighted by Crippen LogP contribution is 2.22. The largest absolute Gasteiger partial charge is 0.300 e. The van der Waals surface area contributed by atoms with Gasteiger partial charge in [-0.1, -0.05) is 55.8 Å². The Balaban J connectivity index is 1.87. The first-order valence-corrected chi connectivity index (χ1v) is 10.6. The van der Waals surface area contributed by atoms with Crippen molar-refractivity contribution >= 4 is 44.0 Å². The fourth-order valence-corrected chi connectivity index (χ4v) is 4.00. The number of benzene rings is 1. The van der Waals surface area contributed by atoms with Gasteiger partial charge in [-0.3, -0.25) is 4.79 Å². The highest BCUT2D eigenvalue weighted by molar-refractivity contribution is 7.91. The minimum absolute atomic E-state index is 0.159. The first-order chi connectivity index (χ1) is 12.1. The molecule has 0 aliphatic rings. The van der Waals surface area contributed by atoms with Gasteiger partial charge in [-0.15, -0.1) is 10.2 Å².